The molecule has 4 aromatic heterocycles. The largest absolute Gasteiger partial charge is 0.308 e. The van der Waals surface area contributed by atoms with E-state index in [2.05, 4.69) is 112 Å². The minimum Gasteiger partial charge on any atom is -0.308 e. The van der Waals surface area contributed by atoms with Crippen LogP contribution in [0.5, 0.6) is 0 Å². The highest BCUT2D eigenvalue weighted by Gasteiger charge is 2.25. The van der Waals surface area contributed by atoms with Gasteiger partial charge in [0.15, 0.2) is 11.6 Å². The molecule has 0 fully saturated rings. The van der Waals surface area contributed by atoms with E-state index in [-0.39, 0.29) is 0 Å². The highest BCUT2D eigenvalue weighted by molar-refractivity contribution is 6.37. The average Bonchev–Trinajstić information content (AvgIpc) is 3.60. The second kappa shape index (κ2) is 8.65. The molecule has 11 rings (SSSR count). The van der Waals surface area contributed by atoms with Gasteiger partial charge in [-0.1, -0.05) is 115 Å². The van der Waals surface area contributed by atoms with E-state index in [9.17, 15) is 0 Å². The number of fused-ring (bicyclic) bond motifs is 4. The number of aromatic nitrogens is 5. The topological polar surface area (TPSA) is 48.0 Å². The molecule has 5 nitrogen and oxygen atoms in total. The molecule has 0 bridgehead atoms. The summed E-state index contributed by atoms with van der Waals surface area (Å²) in [5.41, 5.74) is 7.74. The fourth-order valence-corrected chi connectivity index (χ4v) is 7.76. The van der Waals surface area contributed by atoms with E-state index < -0.39 is 0 Å². The predicted octanol–water partition coefficient (Wildman–Crippen LogP) is 10.0. The molecule has 0 aliphatic heterocycles. The summed E-state index contributed by atoms with van der Waals surface area (Å²) in [4.78, 5) is 15.3. The van der Waals surface area contributed by atoms with Gasteiger partial charge < -0.3 is 4.40 Å². The van der Waals surface area contributed by atoms with Crippen LogP contribution in [0.2, 0.25) is 0 Å². The lowest BCUT2D eigenvalue weighted by molar-refractivity contribution is 0.954. The van der Waals surface area contributed by atoms with Crippen LogP contribution in [0, 0.1) is 0 Å². The number of para-hydroxylation sites is 1. The monoisotopic (exact) mass is 585 g/mol. The van der Waals surface area contributed by atoms with Crippen LogP contribution in [-0.2, 0) is 0 Å². The molecule has 212 valence electrons. The van der Waals surface area contributed by atoms with Gasteiger partial charge >= 0.3 is 0 Å². The van der Waals surface area contributed by atoms with E-state index in [0.29, 0.717) is 17.6 Å². The first-order valence-corrected chi connectivity index (χ1v) is 15.6. The van der Waals surface area contributed by atoms with Crippen molar-refractivity contribution in [1.82, 2.24) is 23.9 Å². The fraction of sp³-hybridized carbons (Fsp3) is 0. The third-order valence-electron chi connectivity index (χ3n) is 9.66. The Hall–Kier alpha value is -6.33. The molecule has 0 aliphatic carbocycles. The number of nitrogens with zero attached hydrogens (tertiary/aromatic N) is 5. The first-order valence-electron chi connectivity index (χ1n) is 15.6. The van der Waals surface area contributed by atoms with Crippen molar-refractivity contribution in [3.8, 4) is 28.7 Å². The number of benzene rings is 7. The first kappa shape index (κ1) is 24.0. The lowest BCUT2D eigenvalue weighted by atomic mass is 9.98. The van der Waals surface area contributed by atoms with Crippen molar-refractivity contribution in [3.05, 3.63) is 140 Å². The third-order valence-corrected chi connectivity index (χ3v) is 9.66. The minimum absolute atomic E-state index is 0.608. The van der Waals surface area contributed by atoms with E-state index in [1.54, 1.807) is 0 Å². The van der Waals surface area contributed by atoms with E-state index >= 15 is 0 Å². The van der Waals surface area contributed by atoms with Gasteiger partial charge in [-0.05, 0) is 35.0 Å². The molecule has 0 saturated carbocycles. The normalized spacial score (nSPS) is 12.3. The Morgan fingerprint density at radius 2 is 0.957 bits per heavy atom. The summed E-state index contributed by atoms with van der Waals surface area (Å²) in [5, 5.41) is 9.94. The van der Waals surface area contributed by atoms with Crippen molar-refractivity contribution >= 4 is 70.7 Å². The molecule has 5 heteroatoms. The molecule has 4 heterocycles. The Morgan fingerprint density at radius 3 is 1.67 bits per heavy atom. The van der Waals surface area contributed by atoms with Crippen molar-refractivity contribution in [1.29, 1.82) is 0 Å². The average molecular weight is 586 g/mol. The summed E-state index contributed by atoms with van der Waals surface area (Å²) in [6.07, 6.45) is 0. The predicted molar refractivity (Wildman–Crippen MR) is 188 cm³/mol. The molecule has 0 radical (unpaired) electrons. The molecule has 0 unspecified atom stereocenters. The summed E-state index contributed by atoms with van der Waals surface area (Å²) < 4.78 is 4.74. The van der Waals surface area contributed by atoms with E-state index in [4.69, 9.17) is 15.0 Å². The maximum atomic E-state index is 5.18. The second-order valence-corrected chi connectivity index (χ2v) is 12.1. The fourth-order valence-electron chi connectivity index (χ4n) is 7.76. The van der Waals surface area contributed by atoms with Gasteiger partial charge in [-0.25, -0.2) is 4.98 Å². The maximum absolute atomic E-state index is 5.18. The van der Waals surface area contributed by atoms with Crippen molar-refractivity contribution in [2.45, 2.75) is 0 Å². The molecule has 0 atom stereocenters. The summed E-state index contributed by atoms with van der Waals surface area (Å²) in [6, 6.07) is 49.3. The Balaban J connectivity index is 1.38. The Kier molecular flexibility index (Phi) is 4.52. The van der Waals surface area contributed by atoms with Gasteiger partial charge in [0.2, 0.25) is 5.95 Å². The molecule has 11 aromatic rings. The SMILES string of the molecule is c1ccc(-c2nc(-c3ccccc3)nc(-n3c4ccc5cccc6c5c4c4c5c(ccc7c8ccccc8n6c75)ccc43)n2)cc1. The van der Waals surface area contributed by atoms with Crippen LogP contribution in [0.3, 0.4) is 0 Å². The highest BCUT2D eigenvalue weighted by Crippen LogP contribution is 2.47. The Bertz CT molecular complexity index is 2900. The van der Waals surface area contributed by atoms with Crippen LogP contribution < -0.4 is 0 Å². The molecule has 46 heavy (non-hydrogen) atoms. The molecule has 0 N–H and O–H groups in total. The van der Waals surface area contributed by atoms with Gasteiger partial charge in [-0.15, -0.1) is 0 Å². The second-order valence-electron chi connectivity index (χ2n) is 12.1. The molecular formula is C41H23N5. The van der Waals surface area contributed by atoms with Crippen molar-refractivity contribution in [2.24, 2.45) is 0 Å². The highest BCUT2D eigenvalue weighted by atomic mass is 15.2. The van der Waals surface area contributed by atoms with Gasteiger partial charge in [0.25, 0.3) is 0 Å². The molecule has 0 saturated heterocycles. The smallest absolute Gasteiger partial charge is 0.238 e. The summed E-state index contributed by atoms with van der Waals surface area (Å²) in [5.74, 6) is 1.91. The van der Waals surface area contributed by atoms with E-state index in [1.165, 1.54) is 59.6 Å². The number of hydrogen-bond acceptors (Lipinski definition) is 3. The van der Waals surface area contributed by atoms with E-state index in [0.717, 1.165) is 22.2 Å². The standard InChI is InChI=1S/C41H23N5/c1-3-10-26(11-4-1)39-42-40(27-12-5-2-6-13-27)44-41(43-39)46-32-22-19-24-14-9-17-31-34(24)36(32)37-33(46)23-20-25-18-21-29-28-15-7-8-16-30(28)45(31)38(29)35(25)37/h1-23H. The van der Waals surface area contributed by atoms with Gasteiger partial charge in [0.05, 0.1) is 27.6 Å². The molecule has 0 aliphatic rings. The zero-order valence-corrected chi connectivity index (χ0v) is 24.5. The van der Waals surface area contributed by atoms with Crippen molar-refractivity contribution < 1.29 is 0 Å². The van der Waals surface area contributed by atoms with Crippen LogP contribution in [0.25, 0.3) is 99.4 Å². The number of rotatable bonds is 3. The zero-order chi connectivity index (χ0) is 29.9. The van der Waals surface area contributed by atoms with Crippen LogP contribution in [0.15, 0.2) is 140 Å². The first-order chi connectivity index (χ1) is 22.8. The van der Waals surface area contributed by atoms with Crippen molar-refractivity contribution in [3.63, 3.8) is 0 Å². The van der Waals surface area contributed by atoms with Crippen LogP contribution in [0.4, 0.5) is 0 Å². The molecule has 7 aromatic carbocycles. The van der Waals surface area contributed by atoms with Gasteiger partial charge in [0, 0.05) is 43.4 Å². The molecule has 0 amide bonds. The van der Waals surface area contributed by atoms with E-state index in [1.807, 2.05) is 36.4 Å². The minimum atomic E-state index is 0.608. The summed E-state index contributed by atoms with van der Waals surface area (Å²) in [7, 11) is 0. The van der Waals surface area contributed by atoms with Gasteiger partial charge in [-0.3, -0.25) is 4.57 Å². The Morgan fingerprint density at radius 1 is 0.370 bits per heavy atom. The number of hydrogen-bond donors (Lipinski definition) is 0. The summed E-state index contributed by atoms with van der Waals surface area (Å²) >= 11 is 0. The maximum Gasteiger partial charge on any atom is 0.238 e. The van der Waals surface area contributed by atoms with Gasteiger partial charge in [0.1, 0.15) is 0 Å². The quantitative estimate of drug-likeness (QED) is 0.207. The lowest BCUT2D eigenvalue weighted by Gasteiger charge is -2.12. The zero-order valence-electron chi connectivity index (χ0n) is 24.5. The van der Waals surface area contributed by atoms with Crippen LogP contribution in [0.1, 0.15) is 0 Å². The van der Waals surface area contributed by atoms with Crippen LogP contribution in [-0.4, -0.2) is 23.9 Å². The van der Waals surface area contributed by atoms with Crippen LogP contribution >= 0.6 is 0 Å². The lowest BCUT2D eigenvalue weighted by Crippen LogP contribution is -2.06. The third kappa shape index (κ3) is 3.01. The molecular weight excluding hydrogens is 562 g/mol. The van der Waals surface area contributed by atoms with Crippen molar-refractivity contribution in [2.75, 3.05) is 0 Å². The Labute approximate surface area is 262 Å². The summed E-state index contributed by atoms with van der Waals surface area (Å²) in [6.45, 7) is 0. The molecule has 0 spiro atoms. The van der Waals surface area contributed by atoms with Gasteiger partial charge in [-0.2, -0.15) is 9.97 Å².